The van der Waals surface area contributed by atoms with Gasteiger partial charge >= 0.3 is 17.9 Å². The van der Waals surface area contributed by atoms with E-state index in [0.29, 0.717) is 19.3 Å². The van der Waals surface area contributed by atoms with Gasteiger partial charge in [0, 0.05) is 19.3 Å². The lowest BCUT2D eigenvalue weighted by Crippen LogP contribution is -2.30. The Hall–Kier alpha value is -4.97. The van der Waals surface area contributed by atoms with Gasteiger partial charge in [-0.2, -0.15) is 0 Å². The van der Waals surface area contributed by atoms with Gasteiger partial charge in [-0.1, -0.05) is 204 Å². The van der Waals surface area contributed by atoms with Crippen LogP contribution in [-0.2, 0) is 28.6 Å². The fourth-order valence-corrected chi connectivity index (χ4v) is 6.85. The van der Waals surface area contributed by atoms with Crippen LogP contribution in [0, 0.1) is 0 Å². The normalized spacial score (nSPS) is 13.3. The molecule has 0 saturated heterocycles. The molecule has 0 radical (unpaired) electrons. The summed E-state index contributed by atoms with van der Waals surface area (Å²) in [5.41, 5.74) is 0. The molecule has 6 heteroatoms. The van der Waals surface area contributed by atoms with Crippen molar-refractivity contribution >= 4 is 17.9 Å². The summed E-state index contributed by atoms with van der Waals surface area (Å²) in [5, 5.41) is 0. The quantitative estimate of drug-likeness (QED) is 0.0262. The molecule has 0 bridgehead atoms. The molecular weight excluding hydrogens is 877 g/mol. The highest BCUT2D eigenvalue weighted by Gasteiger charge is 2.19. The van der Waals surface area contributed by atoms with E-state index in [-0.39, 0.29) is 44.0 Å². The van der Waals surface area contributed by atoms with E-state index >= 15 is 0 Å². The van der Waals surface area contributed by atoms with Crippen molar-refractivity contribution in [3.05, 3.63) is 158 Å². The summed E-state index contributed by atoms with van der Waals surface area (Å²) in [7, 11) is 0. The monoisotopic (exact) mass is 977 g/mol. The smallest absolute Gasteiger partial charge is 0.306 e. The fraction of sp³-hybridized carbons (Fsp3) is 0.554. The Morgan fingerprint density at radius 2 is 0.549 bits per heavy atom. The minimum Gasteiger partial charge on any atom is -0.462 e. The average molecular weight is 978 g/mol. The summed E-state index contributed by atoms with van der Waals surface area (Å²) in [6, 6.07) is 0. The molecule has 71 heavy (non-hydrogen) atoms. The van der Waals surface area contributed by atoms with E-state index in [1.165, 1.54) is 25.7 Å². The highest BCUT2D eigenvalue weighted by molar-refractivity contribution is 5.71. The molecule has 1 atom stereocenters. The number of esters is 3. The highest BCUT2D eigenvalue weighted by Crippen LogP contribution is 2.11. The Labute approximate surface area is 435 Å². The van der Waals surface area contributed by atoms with Crippen LogP contribution in [0.4, 0.5) is 0 Å². The number of ether oxygens (including phenoxy) is 3. The summed E-state index contributed by atoms with van der Waals surface area (Å²) in [4.78, 5) is 38.1. The second-order valence-corrected chi connectivity index (χ2v) is 17.7. The van der Waals surface area contributed by atoms with Gasteiger partial charge in [0.2, 0.25) is 0 Å². The zero-order valence-corrected chi connectivity index (χ0v) is 45.2. The molecule has 0 aliphatic carbocycles. The van der Waals surface area contributed by atoms with Crippen LogP contribution in [0.5, 0.6) is 0 Å². The predicted molar refractivity (Wildman–Crippen MR) is 306 cm³/mol. The third-order valence-electron chi connectivity index (χ3n) is 11.0. The molecule has 0 spiro atoms. The molecule has 0 amide bonds. The molecular formula is C65H100O6. The SMILES string of the molecule is CC/C=C\C/C=C\C/C=C\C/C=C\C/C=C\CCCCCC(=O)O[C@H](COC(=O)CCCC/C=C\C/C=C\C/C=C\C/C=C\CC)COC(=O)CCCCC/C=C\C/C=C\C/C=C\C/C=C\CCCCC. The molecule has 396 valence electrons. The van der Waals surface area contributed by atoms with E-state index in [2.05, 4.69) is 179 Å². The Morgan fingerprint density at radius 1 is 0.296 bits per heavy atom. The van der Waals surface area contributed by atoms with E-state index in [0.717, 1.165) is 135 Å². The molecule has 0 heterocycles. The largest absolute Gasteiger partial charge is 0.462 e. The Bertz CT molecular complexity index is 1640. The number of carbonyl (C=O) groups is 3. The van der Waals surface area contributed by atoms with E-state index in [9.17, 15) is 14.4 Å². The van der Waals surface area contributed by atoms with Crippen LogP contribution in [0.1, 0.15) is 213 Å². The van der Waals surface area contributed by atoms with E-state index in [1.54, 1.807) is 0 Å². The second-order valence-electron chi connectivity index (χ2n) is 17.7. The van der Waals surface area contributed by atoms with Crippen LogP contribution >= 0.6 is 0 Å². The van der Waals surface area contributed by atoms with Crippen LogP contribution in [-0.4, -0.2) is 37.2 Å². The molecule has 0 unspecified atom stereocenters. The third-order valence-corrected chi connectivity index (χ3v) is 11.0. The van der Waals surface area contributed by atoms with Crippen LogP contribution in [0.25, 0.3) is 0 Å². The van der Waals surface area contributed by atoms with Crippen molar-refractivity contribution in [3.63, 3.8) is 0 Å². The maximum atomic E-state index is 12.8. The van der Waals surface area contributed by atoms with Crippen molar-refractivity contribution in [3.8, 4) is 0 Å². The maximum absolute atomic E-state index is 12.8. The van der Waals surface area contributed by atoms with Crippen LogP contribution in [0.15, 0.2) is 158 Å². The van der Waals surface area contributed by atoms with Crippen molar-refractivity contribution < 1.29 is 28.6 Å². The first-order chi connectivity index (χ1) is 35.0. The van der Waals surface area contributed by atoms with Gasteiger partial charge in [0.05, 0.1) is 0 Å². The van der Waals surface area contributed by atoms with Crippen molar-refractivity contribution in [2.75, 3.05) is 13.2 Å². The number of allylic oxidation sites excluding steroid dienone is 26. The van der Waals surface area contributed by atoms with Crippen LogP contribution in [0.3, 0.4) is 0 Å². The zero-order chi connectivity index (χ0) is 51.4. The lowest BCUT2D eigenvalue weighted by Gasteiger charge is -2.18. The number of rotatable bonds is 48. The molecule has 0 fully saturated rings. The van der Waals surface area contributed by atoms with Gasteiger partial charge in [-0.05, 0) is 148 Å². The van der Waals surface area contributed by atoms with Gasteiger partial charge < -0.3 is 14.2 Å². The minimum absolute atomic E-state index is 0.129. The van der Waals surface area contributed by atoms with Crippen molar-refractivity contribution in [1.82, 2.24) is 0 Å². The molecule has 0 aromatic carbocycles. The molecule has 0 aliphatic rings. The Morgan fingerprint density at radius 3 is 0.859 bits per heavy atom. The Balaban J connectivity index is 4.61. The number of unbranched alkanes of at least 4 members (excludes halogenated alkanes) is 11. The molecule has 0 rings (SSSR count). The van der Waals surface area contributed by atoms with Gasteiger partial charge in [-0.3, -0.25) is 14.4 Å². The third kappa shape index (κ3) is 55.8. The molecule has 6 nitrogen and oxygen atoms in total. The summed E-state index contributed by atoms with van der Waals surface area (Å²) in [5.74, 6) is -1.04. The first-order valence-electron chi connectivity index (χ1n) is 28.0. The molecule has 0 saturated carbocycles. The molecule has 0 aromatic rings. The minimum atomic E-state index is -0.835. The van der Waals surface area contributed by atoms with Gasteiger partial charge in [0.1, 0.15) is 13.2 Å². The number of hydrogen-bond donors (Lipinski definition) is 0. The zero-order valence-electron chi connectivity index (χ0n) is 45.2. The second kappa shape index (κ2) is 57.6. The van der Waals surface area contributed by atoms with Crippen LogP contribution < -0.4 is 0 Å². The van der Waals surface area contributed by atoms with E-state index < -0.39 is 6.10 Å². The molecule has 0 aromatic heterocycles. The average Bonchev–Trinajstić information content (AvgIpc) is 3.37. The van der Waals surface area contributed by atoms with Crippen molar-refractivity contribution in [1.29, 1.82) is 0 Å². The molecule has 0 aliphatic heterocycles. The van der Waals surface area contributed by atoms with Crippen molar-refractivity contribution in [2.24, 2.45) is 0 Å². The lowest BCUT2D eigenvalue weighted by atomic mass is 10.1. The maximum Gasteiger partial charge on any atom is 0.306 e. The summed E-state index contributed by atoms with van der Waals surface area (Å²) >= 11 is 0. The fourth-order valence-electron chi connectivity index (χ4n) is 6.85. The summed E-state index contributed by atoms with van der Waals surface area (Å²) in [6.45, 7) is 6.27. The van der Waals surface area contributed by atoms with Gasteiger partial charge in [-0.25, -0.2) is 0 Å². The Kier molecular flexibility index (Phi) is 53.6. The predicted octanol–water partition coefficient (Wildman–Crippen LogP) is 19.0. The number of hydrogen-bond acceptors (Lipinski definition) is 6. The number of carbonyl (C=O) groups excluding carboxylic acids is 3. The highest BCUT2D eigenvalue weighted by atomic mass is 16.6. The van der Waals surface area contributed by atoms with E-state index in [1.807, 2.05) is 0 Å². The summed E-state index contributed by atoms with van der Waals surface area (Å²) < 4.78 is 16.8. The van der Waals surface area contributed by atoms with Crippen LogP contribution in [0.2, 0.25) is 0 Å². The van der Waals surface area contributed by atoms with Gasteiger partial charge in [0.15, 0.2) is 6.10 Å². The van der Waals surface area contributed by atoms with Gasteiger partial charge in [0.25, 0.3) is 0 Å². The molecule has 0 N–H and O–H groups in total. The first-order valence-corrected chi connectivity index (χ1v) is 28.0. The van der Waals surface area contributed by atoms with Crippen molar-refractivity contribution in [2.45, 2.75) is 219 Å². The first kappa shape index (κ1) is 66.0. The lowest BCUT2D eigenvalue weighted by molar-refractivity contribution is -0.167. The topological polar surface area (TPSA) is 78.9 Å². The standard InChI is InChI=1S/C65H100O6/c1-4-7-10-13-16-19-22-25-28-30-32-34-37-40-43-46-49-52-55-58-64(67)70-61-62(60-69-63(66)57-54-51-48-45-42-39-36-27-24-21-18-15-12-9-6-3)71-65(68)59-56-53-50-47-44-41-38-35-33-31-29-26-23-20-17-14-11-8-5-2/h8-9,11-12,16-21,25-29,32-36,40-45,62H,4-7,10,13-15,22-24,30-31,37-39,46-61H2,1-3H3/b11-8-,12-9-,19-16-,20-17-,21-18-,28-25-,29-26-,34-32-,35-33-,36-27-,43-40-,44-41-,45-42-/t62-/m1/s1. The van der Waals surface area contributed by atoms with Gasteiger partial charge in [-0.15, -0.1) is 0 Å². The van der Waals surface area contributed by atoms with E-state index in [4.69, 9.17) is 14.2 Å². The summed E-state index contributed by atoms with van der Waals surface area (Å²) in [6.07, 6.45) is 83.7.